The SMILES string of the molecule is Cc1cn(P)c2ccccc12. The van der Waals surface area contributed by atoms with Crippen molar-refractivity contribution >= 4 is 20.3 Å². The predicted octanol–water partition coefficient (Wildman–Crippen LogP) is 2.59. The fourth-order valence-corrected chi connectivity index (χ4v) is 1.83. The number of aromatic nitrogens is 1. The Morgan fingerprint density at radius 3 is 2.73 bits per heavy atom. The number of nitrogens with zero attached hydrogens (tertiary/aromatic N) is 1. The predicted molar refractivity (Wildman–Crippen MR) is 51.8 cm³/mol. The molecule has 1 nitrogen and oxygen atoms in total. The molecular formula is C9H10NP. The van der Waals surface area contributed by atoms with Crippen LogP contribution in [0.2, 0.25) is 0 Å². The number of rotatable bonds is 0. The molecular weight excluding hydrogens is 153 g/mol. The van der Waals surface area contributed by atoms with Crippen molar-refractivity contribution in [2.24, 2.45) is 0 Å². The van der Waals surface area contributed by atoms with Crippen LogP contribution in [-0.2, 0) is 0 Å². The fourth-order valence-electron chi connectivity index (χ4n) is 1.38. The molecule has 0 aliphatic carbocycles. The topological polar surface area (TPSA) is 4.93 Å². The monoisotopic (exact) mass is 163 g/mol. The van der Waals surface area contributed by atoms with E-state index in [4.69, 9.17) is 0 Å². The van der Waals surface area contributed by atoms with E-state index in [1.54, 1.807) is 0 Å². The van der Waals surface area contributed by atoms with E-state index >= 15 is 0 Å². The second-order valence-electron chi connectivity index (χ2n) is 2.74. The van der Waals surface area contributed by atoms with E-state index < -0.39 is 0 Å². The average molecular weight is 163 g/mol. The first-order valence-electron chi connectivity index (χ1n) is 3.61. The first kappa shape index (κ1) is 6.87. The van der Waals surface area contributed by atoms with Crippen LogP contribution in [-0.4, -0.2) is 4.34 Å². The van der Waals surface area contributed by atoms with Gasteiger partial charge in [-0.1, -0.05) is 18.2 Å². The number of para-hydroxylation sites is 1. The largest absolute Gasteiger partial charge is 0.332 e. The Balaban J connectivity index is 2.95. The standard InChI is InChI=1S/C9H10NP/c1-7-6-10(11)9-5-3-2-4-8(7)9/h2-6H,11H2,1H3. The second-order valence-corrected chi connectivity index (χ2v) is 3.29. The van der Waals surface area contributed by atoms with Crippen LogP contribution in [0.15, 0.2) is 30.5 Å². The minimum atomic E-state index is 1.27. The summed E-state index contributed by atoms with van der Waals surface area (Å²) in [7, 11) is 2.68. The average Bonchev–Trinajstić information content (AvgIpc) is 2.30. The zero-order valence-corrected chi connectivity index (χ0v) is 7.57. The van der Waals surface area contributed by atoms with Gasteiger partial charge in [-0.2, -0.15) is 0 Å². The fraction of sp³-hybridized carbons (Fsp3) is 0.111. The quantitative estimate of drug-likeness (QED) is 0.526. The van der Waals surface area contributed by atoms with Crippen molar-refractivity contribution in [2.45, 2.75) is 6.92 Å². The van der Waals surface area contributed by atoms with E-state index in [2.05, 4.69) is 51.1 Å². The van der Waals surface area contributed by atoms with Crippen LogP contribution in [0.5, 0.6) is 0 Å². The molecule has 0 fully saturated rings. The molecule has 0 aliphatic rings. The van der Waals surface area contributed by atoms with Gasteiger partial charge in [0.1, 0.15) is 0 Å². The Hall–Kier alpha value is -0.810. The summed E-state index contributed by atoms with van der Waals surface area (Å²) >= 11 is 0. The summed E-state index contributed by atoms with van der Waals surface area (Å²) in [6, 6.07) is 8.39. The van der Waals surface area contributed by atoms with Gasteiger partial charge < -0.3 is 4.34 Å². The van der Waals surface area contributed by atoms with Gasteiger partial charge in [-0.15, -0.1) is 0 Å². The van der Waals surface area contributed by atoms with Crippen LogP contribution in [0.4, 0.5) is 0 Å². The smallest absolute Gasteiger partial charge is 0.0511 e. The summed E-state index contributed by atoms with van der Waals surface area (Å²) in [6.07, 6.45) is 2.12. The lowest BCUT2D eigenvalue weighted by Crippen LogP contribution is -1.71. The van der Waals surface area contributed by atoms with Crippen molar-refractivity contribution in [2.75, 3.05) is 0 Å². The highest BCUT2D eigenvalue weighted by Gasteiger charge is 1.99. The van der Waals surface area contributed by atoms with Gasteiger partial charge in [0.05, 0.1) is 5.52 Å². The minimum absolute atomic E-state index is 1.27. The van der Waals surface area contributed by atoms with E-state index in [0.717, 1.165) is 0 Å². The van der Waals surface area contributed by atoms with E-state index in [9.17, 15) is 0 Å². The number of hydrogen-bond acceptors (Lipinski definition) is 0. The van der Waals surface area contributed by atoms with Gasteiger partial charge in [-0.05, 0) is 27.9 Å². The van der Waals surface area contributed by atoms with E-state index in [0.29, 0.717) is 0 Å². The number of fused-ring (bicyclic) bond motifs is 1. The maximum atomic E-state index is 2.68. The molecule has 2 aromatic rings. The summed E-state index contributed by atoms with van der Waals surface area (Å²) in [5, 5.41) is 1.34. The Kier molecular flexibility index (Phi) is 1.47. The molecule has 0 bridgehead atoms. The van der Waals surface area contributed by atoms with E-state index in [1.807, 2.05) is 0 Å². The molecule has 0 N–H and O–H groups in total. The van der Waals surface area contributed by atoms with Crippen LogP contribution in [0.3, 0.4) is 0 Å². The van der Waals surface area contributed by atoms with Crippen molar-refractivity contribution in [3.8, 4) is 0 Å². The van der Waals surface area contributed by atoms with Crippen molar-refractivity contribution in [1.29, 1.82) is 0 Å². The first-order chi connectivity index (χ1) is 5.29. The van der Waals surface area contributed by atoms with Gasteiger partial charge in [-0.25, -0.2) is 0 Å². The number of benzene rings is 1. The highest BCUT2D eigenvalue weighted by molar-refractivity contribution is 7.14. The second kappa shape index (κ2) is 2.35. The third-order valence-corrected chi connectivity index (χ3v) is 2.37. The lowest BCUT2D eigenvalue weighted by Gasteiger charge is -1.92. The summed E-state index contributed by atoms with van der Waals surface area (Å²) in [5.41, 5.74) is 2.60. The van der Waals surface area contributed by atoms with Crippen molar-refractivity contribution in [3.63, 3.8) is 0 Å². The van der Waals surface area contributed by atoms with Gasteiger partial charge in [0.25, 0.3) is 0 Å². The van der Waals surface area contributed by atoms with Gasteiger partial charge in [0.15, 0.2) is 0 Å². The van der Waals surface area contributed by atoms with Crippen molar-refractivity contribution in [1.82, 2.24) is 4.34 Å². The van der Waals surface area contributed by atoms with Crippen molar-refractivity contribution in [3.05, 3.63) is 36.0 Å². The lowest BCUT2D eigenvalue weighted by atomic mass is 10.2. The third kappa shape index (κ3) is 0.965. The normalized spacial score (nSPS) is 10.7. The molecule has 11 heavy (non-hydrogen) atoms. The summed E-state index contributed by atoms with van der Waals surface area (Å²) in [6.45, 7) is 2.13. The molecule has 1 aromatic carbocycles. The molecule has 1 aromatic heterocycles. The maximum absolute atomic E-state index is 2.68. The van der Waals surface area contributed by atoms with Crippen LogP contribution in [0.25, 0.3) is 10.9 Å². The Bertz CT molecular complexity index is 353. The summed E-state index contributed by atoms with van der Waals surface area (Å²) in [5.74, 6) is 0. The molecule has 0 radical (unpaired) electrons. The first-order valence-corrected chi connectivity index (χ1v) is 4.12. The molecule has 1 heterocycles. The van der Waals surface area contributed by atoms with Crippen LogP contribution < -0.4 is 0 Å². The lowest BCUT2D eigenvalue weighted by molar-refractivity contribution is 1.33. The van der Waals surface area contributed by atoms with Gasteiger partial charge in [0, 0.05) is 11.6 Å². The van der Waals surface area contributed by atoms with Crippen LogP contribution in [0.1, 0.15) is 5.56 Å². The third-order valence-electron chi connectivity index (χ3n) is 1.94. The Morgan fingerprint density at radius 1 is 1.27 bits per heavy atom. The molecule has 56 valence electrons. The molecule has 0 saturated carbocycles. The van der Waals surface area contributed by atoms with Crippen LogP contribution >= 0.6 is 9.39 Å². The van der Waals surface area contributed by atoms with Gasteiger partial charge in [-0.3, -0.25) is 0 Å². The summed E-state index contributed by atoms with van der Waals surface area (Å²) < 4.78 is 2.07. The summed E-state index contributed by atoms with van der Waals surface area (Å²) in [4.78, 5) is 0. The Labute approximate surface area is 68.3 Å². The zero-order valence-electron chi connectivity index (χ0n) is 6.41. The minimum Gasteiger partial charge on any atom is -0.332 e. The molecule has 0 spiro atoms. The van der Waals surface area contributed by atoms with Gasteiger partial charge >= 0.3 is 0 Å². The molecule has 2 rings (SSSR count). The molecule has 0 amide bonds. The molecule has 0 aliphatic heterocycles. The molecule has 0 saturated heterocycles. The Morgan fingerprint density at radius 2 is 2.00 bits per heavy atom. The van der Waals surface area contributed by atoms with E-state index in [-0.39, 0.29) is 0 Å². The highest BCUT2D eigenvalue weighted by atomic mass is 31.0. The van der Waals surface area contributed by atoms with Crippen molar-refractivity contribution < 1.29 is 0 Å². The molecule has 2 heteroatoms. The number of aryl methyl sites for hydroxylation is 1. The zero-order chi connectivity index (χ0) is 7.84. The maximum Gasteiger partial charge on any atom is 0.0511 e. The molecule has 1 unspecified atom stereocenters. The number of hydrogen-bond donors (Lipinski definition) is 0. The van der Waals surface area contributed by atoms with Gasteiger partial charge in [0.2, 0.25) is 0 Å². The highest BCUT2D eigenvalue weighted by Crippen LogP contribution is 2.21. The molecule has 1 atom stereocenters. The van der Waals surface area contributed by atoms with Crippen LogP contribution in [0, 0.1) is 6.92 Å². The van der Waals surface area contributed by atoms with E-state index in [1.165, 1.54) is 16.5 Å².